The van der Waals surface area contributed by atoms with Gasteiger partial charge in [0.25, 0.3) is 10.2 Å². The maximum absolute atomic E-state index is 13.1. The Labute approximate surface area is 131 Å². The highest BCUT2D eigenvalue weighted by molar-refractivity contribution is 7.86. The highest BCUT2D eigenvalue weighted by atomic mass is 32.2. The Morgan fingerprint density at radius 1 is 1.18 bits per heavy atom. The van der Waals surface area contributed by atoms with Crippen molar-refractivity contribution in [2.24, 2.45) is 5.92 Å². The van der Waals surface area contributed by atoms with Crippen LogP contribution in [0.25, 0.3) is 0 Å². The maximum Gasteiger partial charge on any atom is 0.324 e. The van der Waals surface area contributed by atoms with Crippen molar-refractivity contribution in [3.8, 4) is 0 Å². The number of ether oxygens (including phenoxy) is 2. The lowest BCUT2D eigenvalue weighted by Crippen LogP contribution is -2.54. The molecular weight excluding hydrogens is 308 g/mol. The van der Waals surface area contributed by atoms with Crippen molar-refractivity contribution in [1.82, 2.24) is 8.61 Å². The van der Waals surface area contributed by atoms with Crippen LogP contribution in [0.3, 0.4) is 0 Å². The lowest BCUT2D eigenvalue weighted by molar-refractivity contribution is -0.144. The minimum Gasteiger partial charge on any atom is -0.468 e. The lowest BCUT2D eigenvalue weighted by Gasteiger charge is -2.37. The van der Waals surface area contributed by atoms with Gasteiger partial charge in [0.05, 0.1) is 20.3 Å². The van der Waals surface area contributed by atoms with Gasteiger partial charge in [-0.25, -0.2) is 0 Å². The summed E-state index contributed by atoms with van der Waals surface area (Å²) in [4.78, 5) is 12.1. The standard InChI is InChI=1S/C14H24N2O5S/c1-20-14(17)13-10-11-4-2-3-5-12(11)16(13)22(18,19)15-6-8-21-9-7-15/h11-13H,2-10H2,1H3/t11-,12+,13-/m0/s1. The van der Waals surface area contributed by atoms with Gasteiger partial charge in [-0.1, -0.05) is 12.8 Å². The third-order valence-electron chi connectivity index (χ3n) is 5.07. The van der Waals surface area contributed by atoms with Gasteiger partial charge in [0.1, 0.15) is 6.04 Å². The molecule has 3 aliphatic rings. The maximum atomic E-state index is 13.1. The first kappa shape index (κ1) is 16.2. The van der Waals surface area contributed by atoms with Crippen LogP contribution >= 0.6 is 0 Å². The highest BCUT2D eigenvalue weighted by Crippen LogP contribution is 2.42. The SMILES string of the molecule is COC(=O)[C@@H]1C[C@@H]2CCCC[C@H]2N1S(=O)(=O)N1CCOCC1. The average Bonchev–Trinajstić information content (AvgIpc) is 2.95. The van der Waals surface area contributed by atoms with E-state index in [1.165, 1.54) is 15.7 Å². The molecule has 0 bridgehead atoms. The van der Waals surface area contributed by atoms with E-state index < -0.39 is 22.2 Å². The zero-order valence-corrected chi connectivity index (χ0v) is 13.8. The van der Waals surface area contributed by atoms with Gasteiger partial charge < -0.3 is 9.47 Å². The quantitative estimate of drug-likeness (QED) is 0.698. The number of carbonyl (C=O) groups excluding carboxylic acids is 1. The van der Waals surface area contributed by atoms with E-state index in [1.54, 1.807) is 0 Å². The van der Waals surface area contributed by atoms with Crippen molar-refractivity contribution in [3.63, 3.8) is 0 Å². The number of nitrogens with zero attached hydrogens (tertiary/aromatic N) is 2. The van der Waals surface area contributed by atoms with Crippen LogP contribution in [0.4, 0.5) is 0 Å². The minimum absolute atomic E-state index is 0.0642. The molecule has 0 aromatic heterocycles. The molecule has 0 amide bonds. The van der Waals surface area contributed by atoms with Gasteiger partial charge in [-0.2, -0.15) is 17.0 Å². The zero-order valence-electron chi connectivity index (χ0n) is 12.9. The first-order valence-electron chi connectivity index (χ1n) is 8.00. The fourth-order valence-corrected chi connectivity index (χ4v) is 5.99. The second kappa shape index (κ2) is 6.43. The van der Waals surface area contributed by atoms with Crippen LogP contribution in [0, 0.1) is 5.92 Å². The monoisotopic (exact) mass is 332 g/mol. The molecule has 3 fully saturated rings. The zero-order chi connectivity index (χ0) is 15.7. The summed E-state index contributed by atoms with van der Waals surface area (Å²) in [7, 11) is -2.33. The fourth-order valence-electron chi connectivity index (χ4n) is 4.00. The Kier molecular flexibility index (Phi) is 4.72. The topological polar surface area (TPSA) is 76.2 Å². The lowest BCUT2D eigenvalue weighted by atomic mass is 9.85. The van der Waals surface area contributed by atoms with Crippen LogP contribution in [-0.4, -0.2) is 68.5 Å². The number of rotatable bonds is 3. The summed E-state index contributed by atoms with van der Waals surface area (Å²) in [6.07, 6.45) is 4.54. The average molecular weight is 332 g/mol. The van der Waals surface area contributed by atoms with Crippen LogP contribution in [0.15, 0.2) is 0 Å². The van der Waals surface area contributed by atoms with E-state index in [0.717, 1.165) is 25.7 Å². The molecular formula is C14H24N2O5S. The van der Waals surface area contributed by atoms with E-state index in [0.29, 0.717) is 32.7 Å². The van der Waals surface area contributed by atoms with Gasteiger partial charge in [0, 0.05) is 19.1 Å². The van der Waals surface area contributed by atoms with Crippen molar-refractivity contribution in [1.29, 1.82) is 0 Å². The molecule has 0 unspecified atom stereocenters. The molecule has 8 heteroatoms. The van der Waals surface area contributed by atoms with Crippen molar-refractivity contribution in [3.05, 3.63) is 0 Å². The summed E-state index contributed by atoms with van der Waals surface area (Å²) >= 11 is 0. The Morgan fingerprint density at radius 3 is 2.55 bits per heavy atom. The summed E-state index contributed by atoms with van der Waals surface area (Å²) in [5.74, 6) is -0.167. The molecule has 1 saturated carbocycles. The Morgan fingerprint density at radius 2 is 1.86 bits per heavy atom. The van der Waals surface area contributed by atoms with Crippen LogP contribution in [0.2, 0.25) is 0 Å². The summed E-state index contributed by atoms with van der Waals surface area (Å²) in [5, 5.41) is 0. The predicted molar refractivity (Wildman–Crippen MR) is 79.3 cm³/mol. The van der Waals surface area contributed by atoms with E-state index in [9.17, 15) is 13.2 Å². The van der Waals surface area contributed by atoms with Crippen LogP contribution in [0.1, 0.15) is 32.1 Å². The third-order valence-corrected chi connectivity index (χ3v) is 7.14. The van der Waals surface area contributed by atoms with Crippen molar-refractivity contribution in [2.75, 3.05) is 33.4 Å². The normalized spacial score (nSPS) is 34.3. The number of hydrogen-bond donors (Lipinski definition) is 0. The summed E-state index contributed by atoms with van der Waals surface area (Å²) in [5.41, 5.74) is 0. The molecule has 3 atom stereocenters. The number of carbonyl (C=O) groups is 1. The van der Waals surface area contributed by atoms with Crippen LogP contribution in [-0.2, 0) is 24.5 Å². The Hall–Kier alpha value is -0.700. The molecule has 1 aliphatic carbocycles. The van der Waals surface area contributed by atoms with Crippen molar-refractivity contribution < 1.29 is 22.7 Å². The van der Waals surface area contributed by atoms with Gasteiger partial charge in [0.2, 0.25) is 0 Å². The van der Waals surface area contributed by atoms with E-state index in [2.05, 4.69) is 0 Å². The third kappa shape index (κ3) is 2.77. The number of fused-ring (bicyclic) bond motifs is 1. The Bertz CT molecular complexity index is 517. The second-order valence-corrected chi connectivity index (χ2v) is 8.07. The van der Waals surface area contributed by atoms with E-state index >= 15 is 0 Å². The molecule has 3 rings (SSSR count). The molecule has 2 saturated heterocycles. The second-order valence-electron chi connectivity index (χ2n) is 6.24. The van der Waals surface area contributed by atoms with E-state index in [1.807, 2.05) is 0 Å². The van der Waals surface area contributed by atoms with Gasteiger partial charge in [-0.3, -0.25) is 4.79 Å². The molecule has 0 radical (unpaired) electrons. The fraction of sp³-hybridized carbons (Fsp3) is 0.929. The molecule has 0 aromatic rings. The van der Waals surface area contributed by atoms with Crippen LogP contribution < -0.4 is 0 Å². The molecule has 0 aromatic carbocycles. The molecule has 2 heterocycles. The Balaban J connectivity index is 1.90. The molecule has 0 spiro atoms. The molecule has 2 aliphatic heterocycles. The minimum atomic E-state index is -3.65. The summed E-state index contributed by atoms with van der Waals surface area (Å²) in [6.45, 7) is 1.52. The molecule has 0 N–H and O–H groups in total. The molecule has 7 nitrogen and oxygen atoms in total. The van der Waals surface area contributed by atoms with Crippen LogP contribution in [0.5, 0.6) is 0 Å². The number of morpholine rings is 1. The van der Waals surface area contributed by atoms with E-state index in [4.69, 9.17) is 9.47 Å². The molecule has 22 heavy (non-hydrogen) atoms. The smallest absolute Gasteiger partial charge is 0.324 e. The van der Waals surface area contributed by atoms with Crippen molar-refractivity contribution in [2.45, 2.75) is 44.2 Å². The largest absolute Gasteiger partial charge is 0.468 e. The summed E-state index contributed by atoms with van der Waals surface area (Å²) < 4.78 is 39.1. The van der Waals surface area contributed by atoms with E-state index in [-0.39, 0.29) is 12.0 Å². The van der Waals surface area contributed by atoms with Gasteiger partial charge in [-0.15, -0.1) is 0 Å². The predicted octanol–water partition coefficient (Wildman–Crippen LogP) is 0.370. The van der Waals surface area contributed by atoms with Gasteiger partial charge in [0.15, 0.2) is 0 Å². The van der Waals surface area contributed by atoms with Gasteiger partial charge in [-0.05, 0) is 25.2 Å². The highest BCUT2D eigenvalue weighted by Gasteiger charge is 2.52. The first-order chi connectivity index (χ1) is 10.6. The molecule has 126 valence electrons. The number of methoxy groups -OCH3 is 1. The number of esters is 1. The number of hydrogen-bond acceptors (Lipinski definition) is 5. The summed E-state index contributed by atoms with van der Waals surface area (Å²) in [6, 6.07) is -0.739. The van der Waals surface area contributed by atoms with Gasteiger partial charge >= 0.3 is 5.97 Å². The van der Waals surface area contributed by atoms with Crippen molar-refractivity contribution >= 4 is 16.2 Å². The first-order valence-corrected chi connectivity index (χ1v) is 9.39.